The summed E-state index contributed by atoms with van der Waals surface area (Å²) in [7, 11) is 0. The van der Waals surface area contributed by atoms with Crippen LogP contribution in [0.15, 0.2) is 18.2 Å². The molecule has 1 saturated heterocycles. The molecule has 0 saturated carbocycles. The van der Waals surface area contributed by atoms with Gasteiger partial charge in [-0.25, -0.2) is 0 Å². The Morgan fingerprint density at radius 1 is 1.47 bits per heavy atom. The smallest absolute Gasteiger partial charge is 0.227 e. The molecule has 15 heavy (non-hydrogen) atoms. The van der Waals surface area contributed by atoms with Crippen molar-refractivity contribution in [2.75, 3.05) is 11.4 Å². The van der Waals surface area contributed by atoms with Gasteiger partial charge in [-0.2, -0.15) is 0 Å². The molecule has 3 nitrogen and oxygen atoms in total. The van der Waals surface area contributed by atoms with E-state index in [0.29, 0.717) is 13.0 Å². The van der Waals surface area contributed by atoms with E-state index in [0.717, 1.165) is 29.8 Å². The Morgan fingerprint density at radius 3 is 2.87 bits per heavy atom. The second kappa shape index (κ2) is 4.03. The maximum absolute atomic E-state index is 11.6. The summed E-state index contributed by atoms with van der Waals surface area (Å²) in [6.07, 6.45) is 1.64. The van der Waals surface area contributed by atoms with Crippen LogP contribution in [0.3, 0.4) is 0 Å². The molecule has 0 radical (unpaired) electrons. The molecule has 1 aromatic carbocycles. The number of rotatable bonds is 2. The van der Waals surface area contributed by atoms with E-state index in [1.165, 1.54) is 0 Å². The molecule has 3 heteroatoms. The van der Waals surface area contributed by atoms with Gasteiger partial charge in [0.25, 0.3) is 0 Å². The van der Waals surface area contributed by atoms with Crippen molar-refractivity contribution >= 4 is 11.6 Å². The van der Waals surface area contributed by atoms with Crippen molar-refractivity contribution in [3.63, 3.8) is 0 Å². The van der Waals surface area contributed by atoms with Crippen LogP contribution in [0.1, 0.15) is 24.0 Å². The normalized spacial score (nSPS) is 16.1. The van der Waals surface area contributed by atoms with Gasteiger partial charge in [0.2, 0.25) is 5.91 Å². The third-order valence-electron chi connectivity index (χ3n) is 2.87. The Bertz CT molecular complexity index is 387. The van der Waals surface area contributed by atoms with Crippen LogP contribution in [0.2, 0.25) is 0 Å². The molecule has 1 amide bonds. The molecule has 1 fully saturated rings. The number of aryl methyl sites for hydroxylation is 1. The maximum atomic E-state index is 11.6. The third kappa shape index (κ3) is 1.88. The summed E-state index contributed by atoms with van der Waals surface area (Å²) < 4.78 is 0. The minimum atomic E-state index is 0.229. The molecule has 0 aliphatic carbocycles. The third-order valence-corrected chi connectivity index (χ3v) is 2.87. The fourth-order valence-electron chi connectivity index (χ4n) is 1.98. The first kappa shape index (κ1) is 10.2. The van der Waals surface area contributed by atoms with E-state index in [9.17, 15) is 4.79 Å². The minimum absolute atomic E-state index is 0.229. The minimum Gasteiger partial charge on any atom is -0.326 e. The van der Waals surface area contributed by atoms with E-state index in [1.807, 2.05) is 30.0 Å². The maximum Gasteiger partial charge on any atom is 0.227 e. The lowest BCUT2D eigenvalue weighted by Gasteiger charge is -2.19. The SMILES string of the molecule is Cc1ccc(CN)cc1N1CCCC1=O. The Morgan fingerprint density at radius 2 is 2.27 bits per heavy atom. The standard InChI is InChI=1S/C12H16N2O/c1-9-4-5-10(8-13)7-11(9)14-6-2-3-12(14)15/h4-5,7H,2-3,6,8,13H2,1H3. The Kier molecular flexibility index (Phi) is 2.73. The van der Waals surface area contributed by atoms with Crippen molar-refractivity contribution in [2.24, 2.45) is 5.73 Å². The van der Waals surface area contributed by atoms with Crippen LogP contribution in [0.5, 0.6) is 0 Å². The molecule has 2 rings (SSSR count). The van der Waals surface area contributed by atoms with Gasteiger partial charge in [-0.15, -0.1) is 0 Å². The lowest BCUT2D eigenvalue weighted by molar-refractivity contribution is -0.117. The fourth-order valence-corrected chi connectivity index (χ4v) is 1.98. The average Bonchev–Trinajstić information content (AvgIpc) is 2.65. The number of nitrogens with two attached hydrogens (primary N) is 1. The van der Waals surface area contributed by atoms with Gasteiger partial charge in [0.1, 0.15) is 0 Å². The van der Waals surface area contributed by atoms with Gasteiger partial charge >= 0.3 is 0 Å². The first-order chi connectivity index (χ1) is 7.22. The highest BCUT2D eigenvalue weighted by Gasteiger charge is 2.22. The lowest BCUT2D eigenvalue weighted by atomic mass is 10.1. The van der Waals surface area contributed by atoms with E-state index >= 15 is 0 Å². The van der Waals surface area contributed by atoms with Crippen LogP contribution >= 0.6 is 0 Å². The van der Waals surface area contributed by atoms with Crippen LogP contribution in [-0.4, -0.2) is 12.5 Å². The molecule has 1 aliphatic heterocycles. The number of anilines is 1. The first-order valence-corrected chi connectivity index (χ1v) is 5.32. The van der Waals surface area contributed by atoms with Gasteiger partial charge in [-0.05, 0) is 30.5 Å². The molecule has 0 bridgehead atoms. The van der Waals surface area contributed by atoms with Gasteiger partial charge in [0.15, 0.2) is 0 Å². The largest absolute Gasteiger partial charge is 0.326 e. The summed E-state index contributed by atoms with van der Waals surface area (Å²) in [5.41, 5.74) is 8.85. The molecular formula is C12H16N2O. The topological polar surface area (TPSA) is 46.3 Å². The number of carbonyl (C=O) groups is 1. The van der Waals surface area contributed by atoms with Crippen LogP contribution < -0.4 is 10.6 Å². The molecule has 80 valence electrons. The summed E-state index contributed by atoms with van der Waals surface area (Å²) in [6.45, 7) is 3.39. The molecular weight excluding hydrogens is 188 g/mol. The van der Waals surface area contributed by atoms with Crippen LogP contribution in [0, 0.1) is 6.92 Å². The lowest BCUT2D eigenvalue weighted by Crippen LogP contribution is -2.24. The van der Waals surface area contributed by atoms with Crippen molar-refractivity contribution in [3.05, 3.63) is 29.3 Å². The van der Waals surface area contributed by atoms with Crippen LogP contribution in [0.4, 0.5) is 5.69 Å². The van der Waals surface area contributed by atoms with Gasteiger partial charge in [-0.3, -0.25) is 4.79 Å². The highest BCUT2D eigenvalue weighted by Crippen LogP contribution is 2.26. The molecule has 0 atom stereocenters. The molecule has 0 unspecified atom stereocenters. The fraction of sp³-hybridized carbons (Fsp3) is 0.417. The predicted molar refractivity (Wildman–Crippen MR) is 60.7 cm³/mol. The van der Waals surface area contributed by atoms with E-state index < -0.39 is 0 Å². The molecule has 1 aromatic rings. The van der Waals surface area contributed by atoms with Crippen molar-refractivity contribution in [1.29, 1.82) is 0 Å². The summed E-state index contributed by atoms with van der Waals surface area (Å²) >= 11 is 0. The van der Waals surface area contributed by atoms with Crippen LogP contribution in [-0.2, 0) is 11.3 Å². The average molecular weight is 204 g/mol. The monoisotopic (exact) mass is 204 g/mol. The van der Waals surface area contributed by atoms with E-state index in [4.69, 9.17) is 5.73 Å². The van der Waals surface area contributed by atoms with Crippen molar-refractivity contribution in [2.45, 2.75) is 26.3 Å². The zero-order chi connectivity index (χ0) is 10.8. The van der Waals surface area contributed by atoms with E-state index in [1.54, 1.807) is 0 Å². The van der Waals surface area contributed by atoms with Gasteiger partial charge in [0, 0.05) is 25.2 Å². The Hall–Kier alpha value is -1.35. The number of benzene rings is 1. The highest BCUT2D eigenvalue weighted by atomic mass is 16.2. The van der Waals surface area contributed by atoms with Crippen molar-refractivity contribution in [3.8, 4) is 0 Å². The molecule has 0 aromatic heterocycles. The zero-order valence-electron chi connectivity index (χ0n) is 8.99. The van der Waals surface area contributed by atoms with Crippen LogP contribution in [0.25, 0.3) is 0 Å². The van der Waals surface area contributed by atoms with Crippen molar-refractivity contribution in [1.82, 2.24) is 0 Å². The number of hydrogen-bond acceptors (Lipinski definition) is 2. The summed E-state index contributed by atoms with van der Waals surface area (Å²) in [6, 6.07) is 6.07. The van der Waals surface area contributed by atoms with E-state index in [2.05, 4.69) is 0 Å². The second-order valence-electron chi connectivity index (χ2n) is 3.97. The molecule has 1 heterocycles. The predicted octanol–water partition coefficient (Wildman–Crippen LogP) is 1.58. The first-order valence-electron chi connectivity index (χ1n) is 5.32. The molecule has 0 spiro atoms. The number of amides is 1. The Balaban J connectivity index is 2.37. The van der Waals surface area contributed by atoms with Gasteiger partial charge < -0.3 is 10.6 Å². The number of carbonyl (C=O) groups excluding carboxylic acids is 1. The zero-order valence-corrected chi connectivity index (χ0v) is 8.99. The molecule has 2 N–H and O–H groups in total. The summed E-state index contributed by atoms with van der Waals surface area (Å²) in [5.74, 6) is 0.229. The second-order valence-corrected chi connectivity index (χ2v) is 3.97. The Labute approximate surface area is 89.9 Å². The molecule has 1 aliphatic rings. The quantitative estimate of drug-likeness (QED) is 0.795. The van der Waals surface area contributed by atoms with Crippen molar-refractivity contribution < 1.29 is 4.79 Å². The van der Waals surface area contributed by atoms with Gasteiger partial charge in [0.05, 0.1) is 0 Å². The van der Waals surface area contributed by atoms with Gasteiger partial charge in [-0.1, -0.05) is 12.1 Å². The van der Waals surface area contributed by atoms with E-state index in [-0.39, 0.29) is 5.91 Å². The number of hydrogen-bond donors (Lipinski definition) is 1. The summed E-state index contributed by atoms with van der Waals surface area (Å²) in [4.78, 5) is 13.5. The number of nitrogens with zero attached hydrogens (tertiary/aromatic N) is 1. The summed E-state index contributed by atoms with van der Waals surface area (Å²) in [5, 5.41) is 0. The highest BCUT2D eigenvalue weighted by molar-refractivity contribution is 5.96.